The Morgan fingerprint density at radius 2 is 1.49 bits per heavy atom. The monoisotopic (exact) mass is 754 g/mol. The average molecular weight is 755 g/mol. The first-order valence-corrected chi connectivity index (χ1v) is 17.5. The normalized spacial score (nSPS) is 14.5. The molecule has 1 fully saturated rings. The first-order valence-electron chi connectivity index (χ1n) is 16.6. The third-order valence-corrected chi connectivity index (χ3v) is 9.79. The number of ether oxygens (including phenoxy) is 1. The van der Waals surface area contributed by atoms with Crippen molar-refractivity contribution in [3.8, 4) is 0 Å². The molecule has 0 bridgehead atoms. The lowest BCUT2D eigenvalue weighted by Gasteiger charge is -2.40. The number of carboxylic acids is 1. The van der Waals surface area contributed by atoms with Crippen molar-refractivity contribution in [3.05, 3.63) is 60.2 Å². The molecule has 0 aromatic heterocycles. The molecule has 4 aromatic carbocycles. The summed E-state index contributed by atoms with van der Waals surface area (Å²) in [6.07, 6.45) is 5.94. The number of hydrogen-bond donors (Lipinski definition) is 2. The highest BCUT2D eigenvalue weighted by Crippen LogP contribution is 2.36. The maximum atomic E-state index is 12.8. The highest BCUT2D eigenvalue weighted by Gasteiger charge is 2.37. The topological polar surface area (TPSA) is 122 Å². The lowest BCUT2D eigenvalue weighted by molar-refractivity contribution is -0.153. The molecule has 0 spiro atoms. The number of amides is 2. The first kappa shape index (κ1) is 34.8. The summed E-state index contributed by atoms with van der Waals surface area (Å²) in [4.78, 5) is 49.8. The van der Waals surface area contributed by atoms with Crippen molar-refractivity contribution in [2.24, 2.45) is 5.41 Å². The predicted molar refractivity (Wildman–Crippen MR) is 191 cm³/mol. The Morgan fingerprint density at radius 3 is 2.21 bits per heavy atom. The Kier molecular flexibility index (Phi) is 12.3. The fourth-order valence-electron chi connectivity index (χ4n) is 6.70. The SMILES string of the molecule is O=C(O)CCC(=O)OCC1(COI)CCN(C(=O)CCCCCNC(=O)CCCc2ccc3ccc4cccc5ccc2c3c45)CC1. The Balaban J connectivity index is 0.963. The molecule has 2 amide bonds. The molecule has 0 unspecified atom stereocenters. The van der Waals surface area contributed by atoms with E-state index in [1.165, 1.54) is 37.9 Å². The van der Waals surface area contributed by atoms with Gasteiger partial charge in [-0.2, -0.15) is 0 Å². The van der Waals surface area contributed by atoms with Gasteiger partial charge >= 0.3 is 11.9 Å². The van der Waals surface area contributed by atoms with Gasteiger partial charge in [-0.3, -0.25) is 19.2 Å². The number of benzene rings is 4. The number of piperidine rings is 1. The molecule has 9 nitrogen and oxygen atoms in total. The molecule has 4 aromatic rings. The first-order chi connectivity index (χ1) is 22.8. The van der Waals surface area contributed by atoms with Crippen LogP contribution in [0.25, 0.3) is 32.3 Å². The minimum atomic E-state index is -1.04. The summed E-state index contributed by atoms with van der Waals surface area (Å²) in [5.74, 6) is -1.39. The lowest BCUT2D eigenvalue weighted by Crippen LogP contribution is -2.47. The molecule has 0 radical (unpaired) electrons. The summed E-state index contributed by atoms with van der Waals surface area (Å²) in [7, 11) is 0. The second-order valence-electron chi connectivity index (χ2n) is 12.8. The van der Waals surface area contributed by atoms with E-state index in [-0.39, 0.29) is 36.7 Å². The molecule has 5 rings (SSSR count). The number of aliphatic carboxylic acids is 1. The third-order valence-electron chi connectivity index (χ3n) is 9.48. The number of aryl methyl sites for hydroxylation is 1. The zero-order valence-electron chi connectivity index (χ0n) is 26.7. The molecule has 2 N–H and O–H groups in total. The maximum absolute atomic E-state index is 12.8. The number of likely N-dealkylation sites (tertiary alicyclic amines) is 1. The number of carbonyl (C=O) groups is 4. The van der Waals surface area contributed by atoms with Crippen molar-refractivity contribution in [1.82, 2.24) is 10.2 Å². The molecule has 1 aliphatic rings. The zero-order chi connectivity index (χ0) is 33.2. The number of esters is 1. The van der Waals surface area contributed by atoms with Crippen LogP contribution in [0.3, 0.4) is 0 Å². The summed E-state index contributed by atoms with van der Waals surface area (Å²) in [6, 6.07) is 19.6. The van der Waals surface area contributed by atoms with E-state index in [9.17, 15) is 19.2 Å². The molecule has 0 saturated carbocycles. The fourth-order valence-corrected chi connectivity index (χ4v) is 7.36. The van der Waals surface area contributed by atoms with Crippen molar-refractivity contribution in [2.45, 2.75) is 70.6 Å². The molecule has 10 heteroatoms. The number of hydrogen-bond acceptors (Lipinski definition) is 6. The van der Waals surface area contributed by atoms with E-state index in [4.69, 9.17) is 12.9 Å². The van der Waals surface area contributed by atoms with Crippen molar-refractivity contribution < 1.29 is 32.1 Å². The quantitative estimate of drug-likeness (QED) is 0.0517. The fraction of sp³-hybridized carbons (Fsp3) is 0.459. The van der Waals surface area contributed by atoms with Crippen LogP contribution in [0, 0.1) is 5.41 Å². The third kappa shape index (κ3) is 9.10. The minimum Gasteiger partial charge on any atom is -0.481 e. The van der Waals surface area contributed by atoms with Crippen LogP contribution in [0.5, 0.6) is 0 Å². The van der Waals surface area contributed by atoms with Crippen LogP contribution in [0.15, 0.2) is 54.6 Å². The van der Waals surface area contributed by atoms with Crippen LogP contribution in [0.2, 0.25) is 0 Å². The highest BCUT2D eigenvalue weighted by atomic mass is 127. The summed E-state index contributed by atoms with van der Waals surface area (Å²) < 4.78 is 10.7. The average Bonchev–Trinajstić information content (AvgIpc) is 3.07. The Labute approximate surface area is 289 Å². The number of nitrogens with zero attached hydrogens (tertiary/aromatic N) is 1. The molecule has 0 atom stereocenters. The van der Waals surface area contributed by atoms with Gasteiger partial charge in [0.15, 0.2) is 0 Å². The van der Waals surface area contributed by atoms with E-state index in [2.05, 4.69) is 59.9 Å². The van der Waals surface area contributed by atoms with Crippen molar-refractivity contribution in [3.63, 3.8) is 0 Å². The van der Waals surface area contributed by atoms with Gasteiger partial charge in [0, 0.05) is 37.9 Å². The van der Waals surface area contributed by atoms with Gasteiger partial charge in [0.1, 0.15) is 23.0 Å². The van der Waals surface area contributed by atoms with Crippen molar-refractivity contribution >= 4 is 79.1 Å². The van der Waals surface area contributed by atoms with E-state index >= 15 is 0 Å². The molecule has 250 valence electrons. The molecule has 47 heavy (non-hydrogen) atoms. The number of carbonyl (C=O) groups excluding carboxylic acids is 3. The smallest absolute Gasteiger partial charge is 0.306 e. The zero-order valence-corrected chi connectivity index (χ0v) is 28.9. The van der Waals surface area contributed by atoms with Gasteiger partial charge < -0.3 is 23.1 Å². The summed E-state index contributed by atoms with van der Waals surface area (Å²) in [5, 5.41) is 19.5. The van der Waals surface area contributed by atoms with E-state index < -0.39 is 11.9 Å². The van der Waals surface area contributed by atoms with Crippen molar-refractivity contribution in [2.75, 3.05) is 32.8 Å². The van der Waals surface area contributed by atoms with Crippen LogP contribution in [0.4, 0.5) is 0 Å². The second kappa shape index (κ2) is 16.5. The van der Waals surface area contributed by atoms with Crippen molar-refractivity contribution in [1.29, 1.82) is 0 Å². The van der Waals surface area contributed by atoms with Gasteiger partial charge in [-0.1, -0.05) is 61.0 Å². The Hall–Kier alpha value is -3.51. The van der Waals surface area contributed by atoms with Gasteiger partial charge in [0.25, 0.3) is 0 Å². The van der Waals surface area contributed by atoms with Crippen LogP contribution < -0.4 is 5.32 Å². The van der Waals surface area contributed by atoms with Crippen LogP contribution in [-0.4, -0.2) is 66.6 Å². The number of unbranched alkanes of at least 4 members (excludes halogenated alkanes) is 2. The van der Waals surface area contributed by atoms with E-state index in [1.54, 1.807) is 0 Å². The lowest BCUT2D eigenvalue weighted by atomic mass is 9.80. The minimum absolute atomic E-state index is 0.0682. The number of halogens is 1. The molecule has 1 saturated heterocycles. The van der Waals surface area contributed by atoms with Gasteiger partial charge in [-0.05, 0) is 76.4 Å². The van der Waals surface area contributed by atoms with Crippen LogP contribution in [-0.2, 0) is 33.4 Å². The van der Waals surface area contributed by atoms with E-state index in [1.807, 2.05) is 27.9 Å². The van der Waals surface area contributed by atoms with E-state index in [0.29, 0.717) is 51.9 Å². The molecule has 0 aliphatic carbocycles. The number of carboxylic acid groups (broad SMARTS) is 1. The maximum Gasteiger partial charge on any atom is 0.306 e. The van der Waals surface area contributed by atoms with Crippen LogP contribution in [0.1, 0.15) is 69.8 Å². The Bertz CT molecular complexity index is 1680. The van der Waals surface area contributed by atoms with E-state index in [0.717, 1.165) is 32.1 Å². The van der Waals surface area contributed by atoms with Gasteiger partial charge in [0.2, 0.25) is 11.8 Å². The standard InChI is InChI=1S/C37H43IN2O7/c38-47-25-37(24-46-34(45)18-17-33(43)44)19-22-40(23-20-37)32(42)10-2-1-3-21-39-31(41)9-5-6-26-11-12-29-14-13-27-7-4-8-28-15-16-30(26)36(29)35(27)28/h4,7-8,11-16H,1-3,5-6,9-10,17-25H2,(H,39,41)(H,43,44). The molecule has 1 aliphatic heterocycles. The molecular weight excluding hydrogens is 711 g/mol. The summed E-state index contributed by atoms with van der Waals surface area (Å²) in [6.45, 7) is 2.29. The number of rotatable bonds is 17. The largest absolute Gasteiger partial charge is 0.481 e. The number of nitrogens with one attached hydrogen (secondary N) is 1. The second-order valence-corrected chi connectivity index (χ2v) is 13.4. The molecular formula is C37H43IN2O7. The summed E-state index contributed by atoms with van der Waals surface area (Å²) >= 11 is 1.82. The highest BCUT2D eigenvalue weighted by molar-refractivity contribution is 14.1. The van der Waals surface area contributed by atoms with Gasteiger partial charge in [-0.25, -0.2) is 0 Å². The van der Waals surface area contributed by atoms with Gasteiger partial charge in [0.05, 0.1) is 26.1 Å². The predicted octanol–water partition coefficient (Wildman–Crippen LogP) is 6.97. The van der Waals surface area contributed by atoms with Crippen LogP contribution >= 0.6 is 23.0 Å². The molecule has 1 heterocycles. The van der Waals surface area contributed by atoms with Gasteiger partial charge in [-0.15, -0.1) is 0 Å². The summed E-state index contributed by atoms with van der Waals surface area (Å²) in [5.41, 5.74) is 0.902. The Morgan fingerprint density at radius 1 is 0.787 bits per heavy atom.